The summed E-state index contributed by atoms with van der Waals surface area (Å²) >= 11 is 0. The number of urea groups is 1. The fourth-order valence-corrected chi connectivity index (χ4v) is 17.1. The van der Waals surface area contributed by atoms with E-state index in [-0.39, 0.29) is 82.8 Å². The number of amides is 11. The first-order valence-electron chi connectivity index (χ1n) is 50.0. The van der Waals surface area contributed by atoms with Crippen LogP contribution in [-0.4, -0.2) is 359 Å². The fraction of sp³-hybridized carbons (Fsp3) is 0.539. The van der Waals surface area contributed by atoms with Crippen molar-refractivity contribution in [2.75, 3.05) is 217 Å². The minimum absolute atomic E-state index is 0.0297. The van der Waals surface area contributed by atoms with Gasteiger partial charge in [-0.2, -0.15) is 0 Å². The van der Waals surface area contributed by atoms with Crippen molar-refractivity contribution in [3.8, 4) is 0 Å². The number of hydrogen-bond donors (Lipinski definition) is 13. The van der Waals surface area contributed by atoms with Gasteiger partial charge in [0.25, 0.3) is 23.6 Å². The maximum Gasteiger partial charge on any atom is 0.329 e. The molecule has 8 aliphatic rings. The van der Waals surface area contributed by atoms with Crippen LogP contribution in [0.4, 0.5) is 10.5 Å². The molecule has 7 saturated heterocycles. The van der Waals surface area contributed by atoms with Gasteiger partial charge < -0.3 is 135 Å². The molecule has 0 bridgehead atoms. The Morgan fingerprint density at radius 3 is 1.13 bits per heavy atom. The highest BCUT2D eigenvalue weighted by Gasteiger charge is 2.35. The molecule has 1 saturated carbocycles. The molecule has 143 heavy (non-hydrogen) atoms. The molecule has 1 aliphatic carbocycles. The van der Waals surface area contributed by atoms with E-state index in [1.807, 2.05) is 78.9 Å². The van der Waals surface area contributed by atoms with Crippen LogP contribution in [0.2, 0.25) is 0 Å². The van der Waals surface area contributed by atoms with E-state index in [2.05, 4.69) is 93.6 Å². The molecule has 780 valence electrons. The summed E-state index contributed by atoms with van der Waals surface area (Å²) in [5.41, 5.74) is 2.65. The first-order valence-corrected chi connectivity index (χ1v) is 50.0. The fourth-order valence-electron chi connectivity index (χ4n) is 17.1. The number of piperazine rings is 4. The number of benzene rings is 3. The number of morpholine rings is 1. The Bertz CT molecular complexity index is 4830. The van der Waals surface area contributed by atoms with Gasteiger partial charge in [-0.25, -0.2) is 19.2 Å². The summed E-state index contributed by atoms with van der Waals surface area (Å²) in [7, 11) is 4.03. The van der Waals surface area contributed by atoms with E-state index in [0.29, 0.717) is 90.6 Å². The number of carbonyl (C=O) groups is 13. The summed E-state index contributed by atoms with van der Waals surface area (Å²) in [4.78, 5) is 174. The Labute approximate surface area is 836 Å². The average Bonchev–Trinajstić information content (AvgIpc) is 1.75. The molecule has 4 aromatic heterocycles. The van der Waals surface area contributed by atoms with Gasteiger partial charge in [0.05, 0.1) is 66.0 Å². The van der Waals surface area contributed by atoms with Crippen molar-refractivity contribution >= 4 is 82.8 Å². The molecule has 8 fully saturated rings. The first kappa shape index (κ1) is 112. The predicted octanol–water partition coefficient (Wildman–Crippen LogP) is 4.04. The molecule has 41 nitrogen and oxygen atoms in total. The third kappa shape index (κ3) is 41.3. The molecule has 11 heterocycles. The molecule has 0 spiro atoms. The number of nitrogens with one attached hydrogen (secondary N) is 13. The van der Waals surface area contributed by atoms with Gasteiger partial charge in [0.1, 0.15) is 36.3 Å². The Balaban J connectivity index is 0.000000177. The third-order valence-corrected chi connectivity index (χ3v) is 25.3. The van der Waals surface area contributed by atoms with E-state index >= 15 is 0 Å². The minimum atomic E-state index is -0.946. The monoisotopic (exact) mass is 1990 g/mol. The molecular weight excluding hydrogens is 1840 g/mol. The highest BCUT2D eigenvalue weighted by atomic mass is 16.5. The topological polar surface area (TPSA) is 490 Å². The van der Waals surface area contributed by atoms with Crippen molar-refractivity contribution in [2.45, 2.75) is 139 Å². The second kappa shape index (κ2) is 64.0. The highest BCUT2D eigenvalue weighted by molar-refractivity contribution is 6.00. The van der Waals surface area contributed by atoms with Gasteiger partial charge in [0.2, 0.25) is 29.5 Å². The number of ether oxygens (including phenoxy) is 4. The Morgan fingerprint density at radius 2 is 0.699 bits per heavy atom. The number of hydrogen-bond acceptors (Lipinski definition) is 30. The summed E-state index contributed by atoms with van der Waals surface area (Å²) in [5, 5.41) is 38.3. The zero-order valence-electron chi connectivity index (χ0n) is 82.7. The molecular formula is C102H146N20O21. The minimum Gasteiger partial charge on any atom is -0.467 e. The van der Waals surface area contributed by atoms with E-state index in [1.165, 1.54) is 78.5 Å². The van der Waals surface area contributed by atoms with E-state index < -0.39 is 65.9 Å². The molecule has 7 aliphatic heterocycles. The lowest BCUT2D eigenvalue weighted by Crippen LogP contribution is -2.55. The van der Waals surface area contributed by atoms with Gasteiger partial charge in [-0.3, -0.25) is 48.1 Å². The van der Waals surface area contributed by atoms with Crippen molar-refractivity contribution in [1.82, 2.24) is 98.1 Å². The number of nitrogens with zero attached hydrogens (tertiary/aromatic N) is 7. The number of carbonyl (C=O) groups excluding carboxylic acids is 13. The van der Waals surface area contributed by atoms with Crippen LogP contribution in [0.15, 0.2) is 182 Å². The Kier molecular flexibility index (Phi) is 50.3. The quantitative estimate of drug-likeness (QED) is 0.0195. The van der Waals surface area contributed by atoms with E-state index in [9.17, 15) is 62.3 Å². The van der Waals surface area contributed by atoms with Crippen LogP contribution in [0.25, 0.3) is 0 Å². The van der Waals surface area contributed by atoms with Gasteiger partial charge in [0, 0.05) is 175 Å². The lowest BCUT2D eigenvalue weighted by atomic mass is 9.88. The second-order valence-corrected chi connectivity index (χ2v) is 35.7. The maximum atomic E-state index is 12.8. The second-order valence-electron chi connectivity index (χ2n) is 35.7. The van der Waals surface area contributed by atoms with Gasteiger partial charge in [0.15, 0.2) is 23.0 Å². The van der Waals surface area contributed by atoms with Crippen molar-refractivity contribution in [3.05, 3.63) is 199 Å². The van der Waals surface area contributed by atoms with E-state index in [4.69, 9.17) is 36.6 Å². The number of rotatable bonds is 36. The summed E-state index contributed by atoms with van der Waals surface area (Å²) in [6, 6.07) is 36.8. The molecule has 3 aromatic carbocycles. The number of para-hydroxylation sites is 1. The zero-order chi connectivity index (χ0) is 101. The number of methoxy groups -OCH3 is 3. The number of anilines is 1. The van der Waals surface area contributed by atoms with E-state index in [1.54, 1.807) is 70.5 Å². The molecule has 6 unspecified atom stereocenters. The molecule has 13 N–H and O–H groups in total. The number of piperidine rings is 2. The average molecular weight is 1990 g/mol. The van der Waals surface area contributed by atoms with Crippen LogP contribution < -0.4 is 69.1 Å². The number of esters is 3. The highest BCUT2D eigenvalue weighted by Crippen LogP contribution is 2.25. The summed E-state index contributed by atoms with van der Waals surface area (Å²) in [6.45, 7) is 23.3. The van der Waals surface area contributed by atoms with Gasteiger partial charge in [-0.1, -0.05) is 111 Å². The lowest BCUT2D eigenvalue weighted by molar-refractivity contribution is -0.146. The summed E-state index contributed by atoms with van der Waals surface area (Å²) in [6.07, 6.45) is 19.1. The van der Waals surface area contributed by atoms with Crippen molar-refractivity contribution in [2.24, 2.45) is 5.92 Å². The van der Waals surface area contributed by atoms with Crippen molar-refractivity contribution in [3.63, 3.8) is 0 Å². The van der Waals surface area contributed by atoms with Gasteiger partial charge >= 0.3 is 23.9 Å². The Morgan fingerprint density at radius 1 is 0.343 bits per heavy atom. The number of likely N-dealkylation sites (tertiary alicyclic amines) is 2. The third-order valence-electron chi connectivity index (χ3n) is 25.3. The standard InChI is InChI=1S/C20H26N4O3.C19H27N5O4.C19H24N4O3.C16H28N2O3.C14H21N3O4.C14H20N2O4/c25-19(22-15-16-5-2-1-3-6-16)17(8-11-24-12-9-21-10-13-24)23-20(26)18-7-4-14-27-18;25-17(23-8-6-20-7-9-23)14-16(18(26)21-15-4-2-1-3-5-15)22-19(27)24-10-12-28-13-11-24;24-18(21-13-15-5-2-1-3-6-15)16(14-23-10-8-20-9-11-23)22-19(25)17-7-4-12-26-17;1-21-16(20)14(12-18-10-6-3-7-11-18)17-15(19)13-8-4-2-5-9-13;1-20-14(19)11(4-7-17-8-5-15-6-9-17)16-13(18)12-3-2-10-21-12;1-19-14(18)11(10-16-7-3-2-4-8-16)15-13(17)12-6-5-9-20-12/h1-7,14,17,21H,8-13,15H2,(H,22,25)(H,23,26);1-5,16,20H,6-14H2,(H,21,26)(H,22,27);1-7,12,16,20H,8-11,13-14H2,(H,21,24)(H,22,25);13-14H,2-12H2,1H3,(H,17,19);2-3,10-11,15H,4-9H2,1H3,(H,16,18);5-6,9,11H,2-4,7-8,10H2,1H3,(H,15,17). The Hall–Kier alpha value is -12.7. The van der Waals surface area contributed by atoms with Gasteiger partial charge in [-0.15, -0.1) is 0 Å². The van der Waals surface area contributed by atoms with Crippen LogP contribution in [0.3, 0.4) is 0 Å². The smallest absolute Gasteiger partial charge is 0.329 e. The molecule has 15 rings (SSSR count). The first-order chi connectivity index (χ1) is 69.7. The molecule has 7 aromatic rings. The van der Waals surface area contributed by atoms with Crippen LogP contribution >= 0.6 is 0 Å². The molecule has 11 amide bonds. The number of furan rings is 4. The lowest BCUT2D eigenvalue weighted by Gasteiger charge is -2.31. The summed E-state index contributed by atoms with van der Waals surface area (Å²) in [5.74, 6) is -2.81. The predicted molar refractivity (Wildman–Crippen MR) is 533 cm³/mol. The molecule has 41 heteroatoms. The molecule has 0 radical (unpaired) electrons. The van der Waals surface area contributed by atoms with E-state index in [0.717, 1.165) is 181 Å². The molecule has 6 atom stereocenters. The largest absolute Gasteiger partial charge is 0.467 e. The maximum absolute atomic E-state index is 12.8. The van der Waals surface area contributed by atoms with Gasteiger partial charge in [-0.05, 0) is 149 Å². The summed E-state index contributed by atoms with van der Waals surface area (Å²) < 4.78 is 39.9. The normalized spacial score (nSPS) is 17.8. The van der Waals surface area contributed by atoms with Crippen LogP contribution in [0.1, 0.15) is 143 Å². The van der Waals surface area contributed by atoms with Crippen molar-refractivity contribution < 1.29 is 98.9 Å². The SMILES string of the molecule is COC(=O)C(CCN1CCNCC1)NC(=O)c1ccco1.COC(=O)C(CN1CCCCC1)NC(=O)C1CCCCC1.COC(=O)C(CN1CCCCC1)NC(=O)c1ccco1.O=C(NC(CCN1CCNCC1)C(=O)NCc1ccccc1)c1ccco1.O=C(NC(CN1CCNCC1)C(=O)NCc1ccccc1)c1ccco1.O=C(Nc1ccccc1)C(CC(=O)N1CCNCC1)NC(=O)N1CCOCC1. The van der Waals surface area contributed by atoms with Crippen LogP contribution in [0, 0.1) is 5.92 Å². The van der Waals surface area contributed by atoms with Crippen LogP contribution in [-0.2, 0) is 70.4 Å². The van der Waals surface area contributed by atoms with Crippen molar-refractivity contribution in [1.29, 1.82) is 0 Å². The zero-order valence-corrected chi connectivity index (χ0v) is 82.7. The van der Waals surface area contributed by atoms with Crippen LogP contribution in [0.5, 0.6) is 0 Å².